The van der Waals surface area contributed by atoms with E-state index in [2.05, 4.69) is 15.3 Å². The van der Waals surface area contributed by atoms with E-state index in [0.29, 0.717) is 12.4 Å². The van der Waals surface area contributed by atoms with Gasteiger partial charge in [0.1, 0.15) is 0 Å². The second-order valence-electron chi connectivity index (χ2n) is 4.16. The summed E-state index contributed by atoms with van der Waals surface area (Å²) in [4.78, 5) is 0. The Bertz CT molecular complexity index is 731. The van der Waals surface area contributed by atoms with Crippen LogP contribution in [-0.2, 0) is 22.6 Å². The second kappa shape index (κ2) is 4.61. The summed E-state index contributed by atoms with van der Waals surface area (Å²) in [5, 5.41) is 11.7. The summed E-state index contributed by atoms with van der Waals surface area (Å²) < 4.78 is 26.1. The number of aromatic nitrogens is 5. The zero-order valence-electron chi connectivity index (χ0n) is 11.0. The SMILES string of the molecule is CCn1c(-c2c(C)nn(C)c2C)nnc1S(=O)(=O)Cl. The molecule has 0 amide bonds. The Morgan fingerprint density at radius 1 is 1.26 bits per heavy atom. The molecule has 0 aliphatic heterocycles. The molecule has 7 nitrogen and oxygen atoms in total. The first-order valence-electron chi connectivity index (χ1n) is 5.65. The molecule has 0 saturated carbocycles. The van der Waals surface area contributed by atoms with Crippen molar-refractivity contribution in [1.82, 2.24) is 24.5 Å². The average Bonchev–Trinajstić information content (AvgIpc) is 2.81. The molecular weight excluding hydrogens is 290 g/mol. The van der Waals surface area contributed by atoms with Crippen molar-refractivity contribution in [3.8, 4) is 11.4 Å². The fraction of sp³-hybridized carbons (Fsp3) is 0.500. The lowest BCUT2D eigenvalue weighted by atomic mass is 10.2. The Hall–Kier alpha value is -1.41. The highest BCUT2D eigenvalue weighted by molar-refractivity contribution is 8.13. The summed E-state index contributed by atoms with van der Waals surface area (Å²) in [6.45, 7) is 5.93. The fourth-order valence-electron chi connectivity index (χ4n) is 2.04. The topological polar surface area (TPSA) is 82.7 Å². The van der Waals surface area contributed by atoms with Crippen LogP contribution in [0.25, 0.3) is 11.4 Å². The number of hydrogen-bond donors (Lipinski definition) is 0. The van der Waals surface area contributed by atoms with Crippen LogP contribution >= 0.6 is 10.7 Å². The van der Waals surface area contributed by atoms with E-state index >= 15 is 0 Å². The van der Waals surface area contributed by atoms with Crippen LogP contribution in [0.5, 0.6) is 0 Å². The minimum atomic E-state index is -3.92. The predicted octanol–water partition coefficient (Wildman–Crippen LogP) is 1.24. The van der Waals surface area contributed by atoms with Gasteiger partial charge in [-0.1, -0.05) is 0 Å². The van der Waals surface area contributed by atoms with Gasteiger partial charge in [0.2, 0.25) is 0 Å². The van der Waals surface area contributed by atoms with Gasteiger partial charge < -0.3 is 0 Å². The Labute approximate surface area is 115 Å². The van der Waals surface area contributed by atoms with E-state index in [4.69, 9.17) is 10.7 Å². The van der Waals surface area contributed by atoms with Crippen molar-refractivity contribution in [3.63, 3.8) is 0 Å². The molecule has 0 radical (unpaired) electrons. The Morgan fingerprint density at radius 2 is 1.89 bits per heavy atom. The molecule has 2 aromatic rings. The quantitative estimate of drug-likeness (QED) is 0.797. The molecule has 2 rings (SSSR count). The summed E-state index contributed by atoms with van der Waals surface area (Å²) >= 11 is 0. The highest BCUT2D eigenvalue weighted by atomic mass is 35.7. The maximum atomic E-state index is 11.5. The van der Waals surface area contributed by atoms with Gasteiger partial charge in [-0.05, 0) is 20.8 Å². The monoisotopic (exact) mass is 303 g/mol. The zero-order chi connectivity index (χ0) is 14.4. The van der Waals surface area contributed by atoms with E-state index in [-0.39, 0.29) is 5.16 Å². The van der Waals surface area contributed by atoms with Gasteiger partial charge in [0.15, 0.2) is 5.82 Å². The number of hydrogen-bond acceptors (Lipinski definition) is 5. The van der Waals surface area contributed by atoms with Gasteiger partial charge in [0.05, 0.1) is 11.3 Å². The number of halogens is 1. The molecule has 2 aromatic heterocycles. The standard InChI is InChI=1S/C10H14ClN5O2S/c1-5-16-9(12-13-10(16)19(11,17)18)8-6(2)14-15(4)7(8)3/h5H2,1-4H3. The van der Waals surface area contributed by atoms with Crippen LogP contribution in [0.15, 0.2) is 5.16 Å². The van der Waals surface area contributed by atoms with Gasteiger partial charge in [-0.3, -0.25) is 9.25 Å². The molecule has 0 spiro atoms. The molecule has 19 heavy (non-hydrogen) atoms. The summed E-state index contributed by atoms with van der Waals surface area (Å²) in [5.74, 6) is 0.463. The average molecular weight is 304 g/mol. The van der Waals surface area contributed by atoms with Gasteiger partial charge in [0, 0.05) is 30.0 Å². The third kappa shape index (κ3) is 2.25. The second-order valence-corrected chi connectivity index (χ2v) is 6.62. The lowest BCUT2D eigenvalue weighted by Crippen LogP contribution is -2.06. The van der Waals surface area contributed by atoms with E-state index in [1.54, 1.807) is 11.6 Å². The molecule has 0 fully saturated rings. The van der Waals surface area contributed by atoms with Crippen LogP contribution < -0.4 is 0 Å². The van der Waals surface area contributed by atoms with Crippen LogP contribution in [0.4, 0.5) is 0 Å². The zero-order valence-corrected chi connectivity index (χ0v) is 12.6. The normalized spacial score (nSPS) is 12.1. The fourth-order valence-corrected chi connectivity index (χ4v) is 3.00. The van der Waals surface area contributed by atoms with Gasteiger partial charge in [-0.15, -0.1) is 10.2 Å². The number of nitrogens with zero attached hydrogens (tertiary/aromatic N) is 5. The van der Waals surface area contributed by atoms with Crippen molar-refractivity contribution in [2.24, 2.45) is 7.05 Å². The van der Waals surface area contributed by atoms with Crippen molar-refractivity contribution < 1.29 is 8.42 Å². The third-order valence-electron chi connectivity index (χ3n) is 2.98. The van der Waals surface area contributed by atoms with Gasteiger partial charge in [-0.2, -0.15) is 5.10 Å². The van der Waals surface area contributed by atoms with Crippen molar-refractivity contribution in [2.75, 3.05) is 0 Å². The van der Waals surface area contributed by atoms with E-state index in [9.17, 15) is 8.42 Å². The Kier molecular flexibility index (Phi) is 3.40. The largest absolute Gasteiger partial charge is 0.297 e. The molecule has 0 unspecified atom stereocenters. The van der Waals surface area contributed by atoms with Gasteiger partial charge in [0.25, 0.3) is 14.2 Å². The van der Waals surface area contributed by atoms with E-state index < -0.39 is 9.05 Å². The van der Waals surface area contributed by atoms with E-state index in [1.807, 2.05) is 20.9 Å². The van der Waals surface area contributed by atoms with Crippen molar-refractivity contribution in [3.05, 3.63) is 11.4 Å². The summed E-state index contributed by atoms with van der Waals surface area (Å²) in [6, 6.07) is 0. The maximum absolute atomic E-state index is 11.5. The number of aryl methyl sites for hydroxylation is 2. The first-order valence-corrected chi connectivity index (χ1v) is 7.96. The van der Waals surface area contributed by atoms with Crippen LogP contribution in [0.3, 0.4) is 0 Å². The number of rotatable bonds is 3. The molecule has 0 saturated heterocycles. The highest BCUT2D eigenvalue weighted by Gasteiger charge is 2.25. The lowest BCUT2D eigenvalue weighted by Gasteiger charge is -2.05. The first-order chi connectivity index (χ1) is 8.77. The van der Waals surface area contributed by atoms with Crippen LogP contribution in [0.1, 0.15) is 18.3 Å². The molecular formula is C10H14ClN5O2S. The van der Waals surface area contributed by atoms with Crippen molar-refractivity contribution in [2.45, 2.75) is 32.5 Å². The molecule has 0 aliphatic rings. The molecule has 2 heterocycles. The smallest absolute Gasteiger partial charge is 0.296 e. The predicted molar refractivity (Wildman–Crippen MR) is 70.4 cm³/mol. The molecule has 0 aromatic carbocycles. The van der Waals surface area contributed by atoms with E-state index in [1.165, 1.54) is 4.57 Å². The molecule has 9 heteroatoms. The Balaban J connectivity index is 2.74. The lowest BCUT2D eigenvalue weighted by molar-refractivity contribution is 0.582. The maximum Gasteiger partial charge on any atom is 0.296 e. The molecule has 0 aliphatic carbocycles. The van der Waals surface area contributed by atoms with Gasteiger partial charge in [-0.25, -0.2) is 8.42 Å². The summed E-state index contributed by atoms with van der Waals surface area (Å²) in [5.41, 5.74) is 2.43. The van der Waals surface area contributed by atoms with Crippen LogP contribution in [-0.4, -0.2) is 33.0 Å². The molecule has 0 bridgehead atoms. The van der Waals surface area contributed by atoms with Crippen molar-refractivity contribution in [1.29, 1.82) is 0 Å². The molecule has 0 N–H and O–H groups in total. The summed E-state index contributed by atoms with van der Waals surface area (Å²) in [7, 11) is 3.26. The minimum absolute atomic E-state index is 0.241. The first kappa shape index (κ1) is 14.0. The molecule has 0 atom stereocenters. The molecule has 104 valence electrons. The Morgan fingerprint density at radius 3 is 2.32 bits per heavy atom. The summed E-state index contributed by atoms with van der Waals surface area (Å²) in [6.07, 6.45) is 0. The third-order valence-corrected chi connectivity index (χ3v) is 4.14. The highest BCUT2D eigenvalue weighted by Crippen LogP contribution is 2.27. The van der Waals surface area contributed by atoms with Crippen LogP contribution in [0.2, 0.25) is 0 Å². The van der Waals surface area contributed by atoms with E-state index in [0.717, 1.165) is 17.0 Å². The minimum Gasteiger partial charge on any atom is -0.297 e. The van der Waals surface area contributed by atoms with Gasteiger partial charge >= 0.3 is 0 Å². The van der Waals surface area contributed by atoms with Crippen LogP contribution in [0, 0.1) is 13.8 Å². The van der Waals surface area contributed by atoms with Crippen molar-refractivity contribution >= 4 is 19.7 Å².